The molecule has 1 amide bonds. The third-order valence-corrected chi connectivity index (χ3v) is 6.50. The van der Waals surface area contributed by atoms with Crippen LogP contribution in [0.4, 0.5) is 17.1 Å². The van der Waals surface area contributed by atoms with Gasteiger partial charge in [0.15, 0.2) is 0 Å². The lowest BCUT2D eigenvalue weighted by Gasteiger charge is -2.39. The van der Waals surface area contributed by atoms with Crippen molar-refractivity contribution in [3.8, 4) is 0 Å². The molecule has 2 aromatic rings. The number of anilines is 2. The van der Waals surface area contributed by atoms with Gasteiger partial charge in [0.2, 0.25) is 5.91 Å². The number of hydrogen-bond donors (Lipinski definition) is 1. The summed E-state index contributed by atoms with van der Waals surface area (Å²) in [5.74, 6) is -0.503. The molecule has 194 valence electrons. The van der Waals surface area contributed by atoms with Gasteiger partial charge >= 0.3 is 5.97 Å². The van der Waals surface area contributed by atoms with Gasteiger partial charge in [0, 0.05) is 48.4 Å². The Morgan fingerprint density at radius 2 is 1.95 bits per heavy atom. The first kappa shape index (κ1) is 26.5. The van der Waals surface area contributed by atoms with Crippen LogP contribution >= 0.6 is 0 Å². The van der Waals surface area contributed by atoms with Crippen molar-refractivity contribution in [2.45, 2.75) is 6.04 Å². The van der Waals surface area contributed by atoms with Gasteiger partial charge < -0.3 is 15.0 Å². The zero-order valence-corrected chi connectivity index (χ0v) is 21.6. The van der Waals surface area contributed by atoms with E-state index in [1.165, 1.54) is 13.2 Å². The number of carbonyl (C=O) groups is 2. The molecular weight excluding hydrogens is 478 g/mol. The standard InChI is InChI=1S/C30H31N5O3/c1-5-28(36)32-24-10-6-8-21(18-24)26-11-7-9-22(19-31-2)29(26)33-23-12-14-25(15-13-23)35-17-16-34(3)27(20-35)30(37)38-4/h5-15,18-19,27H,1-2,16-17,20H2,3-4H3,(H,32,36)/b22-19-,33-29?. The lowest BCUT2D eigenvalue weighted by atomic mass is 9.91. The number of nitrogens with zero attached hydrogens (tertiary/aromatic N) is 4. The number of carbonyl (C=O) groups excluding carboxylic acids is 2. The Hall–Kier alpha value is -4.56. The number of ether oxygens (including phenoxy) is 1. The van der Waals surface area contributed by atoms with E-state index in [9.17, 15) is 9.59 Å². The van der Waals surface area contributed by atoms with Crippen molar-refractivity contribution in [1.29, 1.82) is 0 Å². The van der Waals surface area contributed by atoms with E-state index in [1.807, 2.05) is 78.7 Å². The maximum atomic E-state index is 12.2. The topological polar surface area (TPSA) is 86.6 Å². The van der Waals surface area contributed by atoms with E-state index < -0.39 is 0 Å². The lowest BCUT2D eigenvalue weighted by molar-refractivity contribution is -0.146. The molecule has 1 aliphatic heterocycles. The molecule has 1 unspecified atom stereocenters. The second-order valence-electron chi connectivity index (χ2n) is 8.92. The van der Waals surface area contributed by atoms with Gasteiger partial charge in [-0.25, -0.2) is 4.99 Å². The molecule has 1 aliphatic carbocycles. The molecule has 0 bridgehead atoms. The van der Waals surface area contributed by atoms with Crippen LogP contribution in [0.3, 0.4) is 0 Å². The Balaban J connectivity index is 1.63. The Morgan fingerprint density at radius 1 is 1.16 bits per heavy atom. The molecule has 1 saturated heterocycles. The number of piperazine rings is 1. The van der Waals surface area contributed by atoms with Gasteiger partial charge in [-0.05, 0) is 61.8 Å². The second kappa shape index (κ2) is 12.1. The van der Waals surface area contributed by atoms with E-state index in [0.717, 1.165) is 46.9 Å². The van der Waals surface area contributed by atoms with Gasteiger partial charge in [-0.15, -0.1) is 0 Å². The Labute approximate surface area is 223 Å². The van der Waals surface area contributed by atoms with Crippen LogP contribution in [0.15, 0.2) is 101 Å². The third kappa shape index (κ3) is 6.04. The van der Waals surface area contributed by atoms with Crippen LogP contribution in [0, 0.1) is 0 Å². The summed E-state index contributed by atoms with van der Waals surface area (Å²) in [4.78, 5) is 37.1. The monoisotopic (exact) mass is 509 g/mol. The highest BCUT2D eigenvalue weighted by Crippen LogP contribution is 2.30. The number of hydrogen-bond acceptors (Lipinski definition) is 7. The first-order valence-corrected chi connectivity index (χ1v) is 12.2. The summed E-state index contributed by atoms with van der Waals surface area (Å²) >= 11 is 0. The molecular formula is C30H31N5O3. The van der Waals surface area contributed by atoms with Crippen molar-refractivity contribution in [3.05, 3.63) is 96.8 Å². The van der Waals surface area contributed by atoms with Gasteiger partial charge in [0.25, 0.3) is 0 Å². The normalized spacial score (nSPS) is 19.7. The number of allylic oxidation sites excluding steroid dienone is 5. The number of likely N-dealkylation sites (N-methyl/N-ethyl adjacent to an activating group) is 1. The zero-order chi connectivity index (χ0) is 27.1. The molecule has 0 aromatic heterocycles. The Bertz CT molecular complexity index is 1350. The largest absolute Gasteiger partial charge is 0.468 e. The fourth-order valence-electron chi connectivity index (χ4n) is 4.45. The molecule has 2 aliphatic rings. The van der Waals surface area contributed by atoms with Gasteiger partial charge in [-0.2, -0.15) is 0 Å². The number of esters is 1. The number of nitrogens with one attached hydrogen (secondary N) is 1. The number of amides is 1. The molecule has 2 aromatic carbocycles. The van der Waals surface area contributed by atoms with Crippen molar-refractivity contribution >= 4 is 46.9 Å². The highest BCUT2D eigenvalue weighted by atomic mass is 16.5. The van der Waals surface area contributed by atoms with Crippen LogP contribution in [0.1, 0.15) is 5.56 Å². The highest BCUT2D eigenvalue weighted by Gasteiger charge is 2.30. The molecule has 38 heavy (non-hydrogen) atoms. The maximum Gasteiger partial charge on any atom is 0.324 e. The summed E-state index contributed by atoms with van der Waals surface area (Å²) in [5.41, 5.74) is 5.80. The summed E-state index contributed by atoms with van der Waals surface area (Å²) < 4.78 is 4.98. The first-order chi connectivity index (χ1) is 18.4. The van der Waals surface area contributed by atoms with Crippen molar-refractivity contribution < 1.29 is 14.3 Å². The molecule has 1 fully saturated rings. The molecule has 0 radical (unpaired) electrons. The number of rotatable bonds is 7. The summed E-state index contributed by atoms with van der Waals surface area (Å²) in [7, 11) is 3.36. The molecule has 1 atom stereocenters. The third-order valence-electron chi connectivity index (χ3n) is 6.50. The predicted molar refractivity (Wildman–Crippen MR) is 154 cm³/mol. The van der Waals surface area contributed by atoms with Crippen molar-refractivity contribution in [2.75, 3.05) is 44.0 Å². The predicted octanol–water partition coefficient (Wildman–Crippen LogP) is 4.41. The van der Waals surface area contributed by atoms with Crippen LogP contribution in [0.5, 0.6) is 0 Å². The molecule has 8 heteroatoms. The second-order valence-corrected chi connectivity index (χ2v) is 8.92. The minimum Gasteiger partial charge on any atom is -0.468 e. The summed E-state index contributed by atoms with van der Waals surface area (Å²) in [5, 5.41) is 2.80. The number of aliphatic imine (C=N–C) groups is 2. The fraction of sp³-hybridized carbons (Fsp3) is 0.200. The quantitative estimate of drug-likeness (QED) is 0.339. The number of benzene rings is 2. The van der Waals surface area contributed by atoms with Crippen LogP contribution in [-0.4, -0.2) is 69.0 Å². The van der Waals surface area contributed by atoms with Gasteiger partial charge in [-0.1, -0.05) is 36.9 Å². The van der Waals surface area contributed by atoms with E-state index in [-0.39, 0.29) is 17.9 Å². The average molecular weight is 510 g/mol. The average Bonchev–Trinajstić information content (AvgIpc) is 2.94. The lowest BCUT2D eigenvalue weighted by Crippen LogP contribution is -2.55. The fourth-order valence-corrected chi connectivity index (χ4v) is 4.45. The van der Waals surface area contributed by atoms with E-state index in [0.29, 0.717) is 12.2 Å². The van der Waals surface area contributed by atoms with Crippen molar-refractivity contribution in [2.24, 2.45) is 9.98 Å². The van der Waals surface area contributed by atoms with E-state index >= 15 is 0 Å². The summed E-state index contributed by atoms with van der Waals surface area (Å²) in [6.45, 7) is 9.26. The van der Waals surface area contributed by atoms with Crippen LogP contribution < -0.4 is 10.2 Å². The molecule has 4 rings (SSSR count). The van der Waals surface area contributed by atoms with Gasteiger partial charge in [0.1, 0.15) is 6.04 Å². The molecule has 1 N–H and O–H groups in total. The molecule has 1 heterocycles. The zero-order valence-electron chi connectivity index (χ0n) is 21.6. The maximum absolute atomic E-state index is 12.2. The van der Waals surface area contributed by atoms with E-state index in [1.54, 1.807) is 6.20 Å². The Kier molecular flexibility index (Phi) is 8.45. The minimum atomic E-state index is -0.304. The summed E-state index contributed by atoms with van der Waals surface area (Å²) in [6.07, 6.45) is 8.77. The Morgan fingerprint density at radius 3 is 2.66 bits per heavy atom. The first-order valence-electron chi connectivity index (χ1n) is 12.2. The SMILES string of the molecule is C=CC(=O)Nc1cccc(C2=CC=C/C(=C/N=C)C2=Nc2ccc(N3CCN(C)C(C(=O)OC)C3)cc2)c1. The van der Waals surface area contributed by atoms with Gasteiger partial charge in [-0.3, -0.25) is 19.5 Å². The van der Waals surface area contributed by atoms with Crippen molar-refractivity contribution in [1.82, 2.24) is 4.90 Å². The van der Waals surface area contributed by atoms with E-state index in [2.05, 4.69) is 28.5 Å². The van der Waals surface area contributed by atoms with E-state index in [4.69, 9.17) is 9.73 Å². The number of methoxy groups -OCH3 is 1. The molecule has 0 saturated carbocycles. The van der Waals surface area contributed by atoms with Crippen LogP contribution in [0.2, 0.25) is 0 Å². The molecule has 8 nitrogen and oxygen atoms in total. The van der Waals surface area contributed by atoms with Crippen LogP contribution in [0.25, 0.3) is 5.57 Å². The summed E-state index contributed by atoms with van der Waals surface area (Å²) in [6, 6.07) is 15.2. The van der Waals surface area contributed by atoms with Crippen molar-refractivity contribution in [3.63, 3.8) is 0 Å². The van der Waals surface area contributed by atoms with Gasteiger partial charge in [0.05, 0.1) is 18.5 Å². The smallest absolute Gasteiger partial charge is 0.324 e. The minimum absolute atomic E-state index is 0.229. The highest BCUT2D eigenvalue weighted by molar-refractivity contribution is 6.34. The van der Waals surface area contributed by atoms with Crippen LogP contribution in [-0.2, 0) is 14.3 Å². The molecule has 0 spiro atoms.